The number of nitrogens with one attached hydrogen (secondary N) is 1. The van der Waals surface area contributed by atoms with Crippen LogP contribution in [0.4, 0.5) is 0 Å². The van der Waals surface area contributed by atoms with Crippen LogP contribution in [0.3, 0.4) is 0 Å². The van der Waals surface area contributed by atoms with Crippen LogP contribution in [0.25, 0.3) is 11.0 Å². The molecule has 3 aromatic rings. The molecule has 2 heterocycles. The Bertz CT molecular complexity index is 1140. The first kappa shape index (κ1) is 24.7. The third-order valence-electron chi connectivity index (χ3n) is 6.69. The zero-order valence-corrected chi connectivity index (χ0v) is 21.2. The maximum atomic E-state index is 13.5. The Morgan fingerprint density at radius 1 is 1.18 bits per heavy atom. The molecule has 34 heavy (non-hydrogen) atoms. The summed E-state index contributed by atoms with van der Waals surface area (Å²) in [5.74, 6) is 0.919. The van der Waals surface area contributed by atoms with Crippen molar-refractivity contribution in [2.45, 2.75) is 46.1 Å². The van der Waals surface area contributed by atoms with Gasteiger partial charge in [0, 0.05) is 37.6 Å². The number of ether oxygens (including phenoxy) is 1. The van der Waals surface area contributed by atoms with Gasteiger partial charge in [-0.15, -0.1) is 0 Å². The summed E-state index contributed by atoms with van der Waals surface area (Å²) in [4.78, 5) is 20.8. The Hall–Kier alpha value is -2.41. The van der Waals surface area contributed by atoms with Gasteiger partial charge < -0.3 is 14.6 Å². The van der Waals surface area contributed by atoms with Crippen molar-refractivity contribution in [2.75, 3.05) is 39.4 Å². The summed E-state index contributed by atoms with van der Waals surface area (Å²) < 4.78 is 7.58. The van der Waals surface area contributed by atoms with Gasteiger partial charge in [-0.1, -0.05) is 43.1 Å². The van der Waals surface area contributed by atoms with Crippen molar-refractivity contribution in [1.29, 1.82) is 0 Å². The molecule has 0 radical (unpaired) electrons. The zero-order chi connectivity index (χ0) is 24.1. The number of carbonyl (C=O) groups is 1. The predicted molar refractivity (Wildman–Crippen MR) is 138 cm³/mol. The van der Waals surface area contributed by atoms with Gasteiger partial charge in [0.25, 0.3) is 0 Å². The molecule has 1 amide bonds. The average molecular weight is 483 g/mol. The molecule has 1 saturated heterocycles. The first-order valence-electron chi connectivity index (χ1n) is 12.3. The second kappa shape index (κ2) is 11.3. The van der Waals surface area contributed by atoms with Crippen LogP contribution in [0, 0.1) is 13.8 Å². The number of amides is 1. The predicted octanol–water partition coefficient (Wildman–Crippen LogP) is 4.69. The number of aromatic nitrogens is 2. The first-order chi connectivity index (χ1) is 16.5. The highest BCUT2D eigenvalue weighted by Crippen LogP contribution is 2.29. The number of nitrogens with zero attached hydrogens (tertiary/aromatic N) is 3. The molecule has 182 valence electrons. The van der Waals surface area contributed by atoms with E-state index < -0.39 is 0 Å². The quantitative estimate of drug-likeness (QED) is 0.480. The van der Waals surface area contributed by atoms with Crippen LogP contribution in [0.15, 0.2) is 36.4 Å². The van der Waals surface area contributed by atoms with E-state index in [0.717, 1.165) is 73.1 Å². The van der Waals surface area contributed by atoms with Crippen LogP contribution < -0.4 is 5.32 Å². The molecule has 0 bridgehead atoms. The molecule has 1 atom stereocenters. The Labute approximate surface area is 207 Å². The van der Waals surface area contributed by atoms with E-state index in [2.05, 4.69) is 47.7 Å². The van der Waals surface area contributed by atoms with E-state index in [1.807, 2.05) is 24.3 Å². The van der Waals surface area contributed by atoms with E-state index in [1.165, 1.54) is 11.1 Å². The van der Waals surface area contributed by atoms with Gasteiger partial charge in [0.1, 0.15) is 11.9 Å². The number of fused-ring (bicyclic) bond motifs is 1. The lowest BCUT2D eigenvalue weighted by Gasteiger charge is -2.27. The summed E-state index contributed by atoms with van der Waals surface area (Å²) in [7, 11) is 0. The Kier molecular flexibility index (Phi) is 8.24. The minimum absolute atomic E-state index is 0.0491. The van der Waals surface area contributed by atoms with Crippen LogP contribution in [-0.2, 0) is 16.0 Å². The van der Waals surface area contributed by atoms with Gasteiger partial charge in [-0.3, -0.25) is 9.69 Å². The second-order valence-electron chi connectivity index (χ2n) is 9.14. The second-order valence-corrected chi connectivity index (χ2v) is 9.55. The fourth-order valence-corrected chi connectivity index (χ4v) is 4.82. The minimum Gasteiger partial charge on any atom is -0.379 e. The Morgan fingerprint density at radius 2 is 1.91 bits per heavy atom. The van der Waals surface area contributed by atoms with Gasteiger partial charge >= 0.3 is 0 Å². The van der Waals surface area contributed by atoms with Gasteiger partial charge in [-0.05, 0) is 55.2 Å². The average Bonchev–Trinajstić information content (AvgIpc) is 3.16. The summed E-state index contributed by atoms with van der Waals surface area (Å²) in [5.41, 5.74) is 5.33. The number of imidazole rings is 1. The maximum Gasteiger partial charge on any atom is 0.243 e. The molecule has 1 aliphatic heterocycles. The van der Waals surface area contributed by atoms with Crippen LogP contribution in [0.2, 0.25) is 5.02 Å². The smallest absolute Gasteiger partial charge is 0.243 e. The molecule has 6 nitrogen and oxygen atoms in total. The molecule has 1 N–H and O–H groups in total. The number of halogens is 1. The summed E-state index contributed by atoms with van der Waals surface area (Å²) in [5, 5.41) is 3.92. The largest absolute Gasteiger partial charge is 0.379 e. The monoisotopic (exact) mass is 482 g/mol. The molecule has 0 spiro atoms. The van der Waals surface area contributed by atoms with Crippen molar-refractivity contribution in [3.63, 3.8) is 0 Å². The number of morpholine rings is 1. The molecule has 4 rings (SSSR count). The number of aryl methyl sites for hydroxylation is 2. The highest BCUT2D eigenvalue weighted by molar-refractivity contribution is 6.31. The van der Waals surface area contributed by atoms with Crippen molar-refractivity contribution in [1.82, 2.24) is 19.8 Å². The van der Waals surface area contributed by atoms with Crippen LogP contribution in [0.1, 0.15) is 48.3 Å². The highest BCUT2D eigenvalue weighted by atomic mass is 35.5. The molecule has 1 aliphatic rings. The van der Waals surface area contributed by atoms with Crippen molar-refractivity contribution in [2.24, 2.45) is 0 Å². The van der Waals surface area contributed by atoms with Gasteiger partial charge in [0.05, 0.1) is 24.2 Å². The number of hydrogen-bond donors (Lipinski definition) is 1. The summed E-state index contributed by atoms with van der Waals surface area (Å²) in [6.45, 7) is 11.2. The highest BCUT2D eigenvalue weighted by Gasteiger charge is 2.26. The lowest BCUT2D eigenvalue weighted by Crippen LogP contribution is -2.42. The lowest BCUT2D eigenvalue weighted by atomic mass is 10.1. The molecule has 7 heteroatoms. The van der Waals surface area contributed by atoms with E-state index in [1.54, 1.807) is 0 Å². The van der Waals surface area contributed by atoms with Crippen molar-refractivity contribution < 1.29 is 9.53 Å². The molecular weight excluding hydrogens is 448 g/mol. The molecule has 1 aromatic heterocycles. The molecule has 0 saturated carbocycles. The van der Waals surface area contributed by atoms with Crippen molar-refractivity contribution in [3.8, 4) is 0 Å². The van der Waals surface area contributed by atoms with Gasteiger partial charge in [0.15, 0.2) is 0 Å². The van der Waals surface area contributed by atoms with Crippen LogP contribution in [-0.4, -0.2) is 59.8 Å². The third-order valence-corrected chi connectivity index (χ3v) is 7.06. The minimum atomic E-state index is -0.320. The SMILES string of the molecule is CCC[C@@H](C(=O)NCCN1CCOCC1)n1c(Cc2ccccc2Cl)nc2cc(C)c(C)cc21. The topological polar surface area (TPSA) is 59.4 Å². The van der Waals surface area contributed by atoms with Gasteiger partial charge in [-0.2, -0.15) is 0 Å². The maximum absolute atomic E-state index is 13.5. The number of carbonyl (C=O) groups excluding carboxylic acids is 1. The van der Waals surface area contributed by atoms with E-state index in [4.69, 9.17) is 21.3 Å². The molecule has 0 unspecified atom stereocenters. The van der Waals surface area contributed by atoms with Crippen LogP contribution in [0.5, 0.6) is 0 Å². The molecular formula is C27H35ClN4O2. The first-order valence-corrected chi connectivity index (χ1v) is 12.6. The van der Waals surface area contributed by atoms with Crippen LogP contribution >= 0.6 is 11.6 Å². The summed E-state index contributed by atoms with van der Waals surface area (Å²) in [6.07, 6.45) is 2.22. The standard InChI is InChI=1S/C27H35ClN4O2/c1-4-7-24(27(33)29-10-11-31-12-14-34-15-13-31)32-25-17-20(3)19(2)16-23(25)30-26(32)18-21-8-5-6-9-22(21)28/h5-6,8-9,16-17,24H,4,7,10-15,18H2,1-3H3,(H,29,33)/t24-/m0/s1. The van der Waals surface area contributed by atoms with Gasteiger partial charge in [-0.25, -0.2) is 4.98 Å². The molecule has 2 aromatic carbocycles. The van der Waals surface area contributed by atoms with E-state index in [-0.39, 0.29) is 11.9 Å². The number of benzene rings is 2. The molecule has 1 fully saturated rings. The molecule has 0 aliphatic carbocycles. The fraction of sp³-hybridized carbons (Fsp3) is 0.481. The Balaban J connectivity index is 1.65. The summed E-state index contributed by atoms with van der Waals surface area (Å²) >= 11 is 6.49. The Morgan fingerprint density at radius 3 is 2.65 bits per heavy atom. The number of hydrogen-bond acceptors (Lipinski definition) is 4. The van der Waals surface area contributed by atoms with E-state index in [0.29, 0.717) is 13.0 Å². The van der Waals surface area contributed by atoms with E-state index >= 15 is 0 Å². The normalized spacial score (nSPS) is 15.5. The fourth-order valence-electron chi connectivity index (χ4n) is 4.62. The van der Waals surface area contributed by atoms with Crippen molar-refractivity contribution >= 4 is 28.5 Å². The van der Waals surface area contributed by atoms with Crippen molar-refractivity contribution in [3.05, 3.63) is 63.9 Å². The zero-order valence-electron chi connectivity index (χ0n) is 20.4. The third kappa shape index (κ3) is 5.62. The lowest BCUT2D eigenvalue weighted by molar-refractivity contribution is -0.124. The summed E-state index contributed by atoms with van der Waals surface area (Å²) in [6, 6.07) is 11.8. The van der Waals surface area contributed by atoms with Gasteiger partial charge in [0.2, 0.25) is 5.91 Å². The number of rotatable bonds is 9. The van der Waals surface area contributed by atoms with E-state index in [9.17, 15) is 4.79 Å².